The molecule has 1 heterocycles. The fourth-order valence-electron chi connectivity index (χ4n) is 3.28. The van der Waals surface area contributed by atoms with E-state index in [0.717, 1.165) is 24.1 Å². The highest BCUT2D eigenvalue weighted by atomic mass is 16.5. The largest absolute Gasteiger partial charge is 0.449 e. The van der Waals surface area contributed by atoms with Crippen LogP contribution >= 0.6 is 0 Å². The van der Waals surface area contributed by atoms with Gasteiger partial charge in [-0.25, -0.2) is 4.79 Å². The van der Waals surface area contributed by atoms with Gasteiger partial charge in [0.2, 0.25) is 5.91 Å². The number of amides is 2. The number of hydrogen-bond acceptors (Lipinski definition) is 4. The summed E-state index contributed by atoms with van der Waals surface area (Å²) in [7, 11) is 0. The van der Waals surface area contributed by atoms with Crippen LogP contribution < -0.4 is 5.32 Å². The van der Waals surface area contributed by atoms with Crippen LogP contribution in [0.3, 0.4) is 0 Å². The molecule has 0 aromatic heterocycles. The molecule has 2 amide bonds. The minimum absolute atomic E-state index is 0.165. The first-order valence-corrected chi connectivity index (χ1v) is 9.87. The molecule has 152 valence electrons. The lowest BCUT2D eigenvalue weighted by Crippen LogP contribution is -2.37. The Bertz CT molecular complexity index is 864. The molecule has 3 rings (SSSR count). The van der Waals surface area contributed by atoms with Crippen LogP contribution in [-0.2, 0) is 20.9 Å². The molecule has 2 unspecified atom stereocenters. The van der Waals surface area contributed by atoms with Gasteiger partial charge >= 0.3 is 5.97 Å². The summed E-state index contributed by atoms with van der Waals surface area (Å²) in [4.78, 5) is 38.2. The molecule has 1 fully saturated rings. The van der Waals surface area contributed by atoms with Crippen molar-refractivity contribution in [3.8, 4) is 0 Å². The van der Waals surface area contributed by atoms with Gasteiger partial charge in [0.1, 0.15) is 0 Å². The standard InChI is InChI=1S/C23H26N2O4/c1-16(19-7-4-3-5-8-19)24-22(27)17(2)29-23(28)20-12-10-18(11-13-20)15-25-14-6-9-21(25)26/h3-5,7-8,10-13,16-17H,6,9,14-15H2,1-2H3,(H,24,27). The molecule has 0 bridgehead atoms. The number of esters is 1. The fourth-order valence-corrected chi connectivity index (χ4v) is 3.28. The zero-order valence-electron chi connectivity index (χ0n) is 16.8. The second-order valence-electron chi connectivity index (χ2n) is 7.30. The second kappa shape index (κ2) is 9.37. The second-order valence-corrected chi connectivity index (χ2v) is 7.30. The number of nitrogens with one attached hydrogen (secondary N) is 1. The van der Waals surface area contributed by atoms with E-state index in [-0.39, 0.29) is 17.9 Å². The van der Waals surface area contributed by atoms with Crippen molar-refractivity contribution in [3.05, 3.63) is 71.3 Å². The van der Waals surface area contributed by atoms with Crippen LogP contribution in [0.2, 0.25) is 0 Å². The number of likely N-dealkylation sites (tertiary alicyclic amines) is 1. The molecular weight excluding hydrogens is 368 g/mol. The predicted molar refractivity (Wildman–Crippen MR) is 109 cm³/mol. The summed E-state index contributed by atoms with van der Waals surface area (Å²) in [6.45, 7) is 4.75. The van der Waals surface area contributed by atoms with E-state index in [1.165, 1.54) is 0 Å². The maximum atomic E-state index is 12.4. The van der Waals surface area contributed by atoms with Crippen LogP contribution in [0.1, 0.15) is 54.2 Å². The Labute approximate surface area is 170 Å². The van der Waals surface area contributed by atoms with E-state index < -0.39 is 12.1 Å². The highest BCUT2D eigenvalue weighted by Gasteiger charge is 2.22. The number of rotatable bonds is 7. The van der Waals surface area contributed by atoms with Gasteiger partial charge in [-0.05, 0) is 43.5 Å². The van der Waals surface area contributed by atoms with Gasteiger partial charge in [0.15, 0.2) is 6.10 Å². The van der Waals surface area contributed by atoms with Gasteiger partial charge in [-0.3, -0.25) is 9.59 Å². The fraction of sp³-hybridized carbons (Fsp3) is 0.348. The number of hydrogen-bond donors (Lipinski definition) is 1. The maximum Gasteiger partial charge on any atom is 0.338 e. The van der Waals surface area contributed by atoms with E-state index in [1.54, 1.807) is 19.1 Å². The molecule has 1 aliphatic heterocycles. The number of carbonyl (C=O) groups is 3. The van der Waals surface area contributed by atoms with Crippen molar-refractivity contribution in [2.45, 2.75) is 45.4 Å². The van der Waals surface area contributed by atoms with Crippen LogP contribution in [0.5, 0.6) is 0 Å². The van der Waals surface area contributed by atoms with Gasteiger partial charge in [-0.15, -0.1) is 0 Å². The Morgan fingerprint density at radius 1 is 1.07 bits per heavy atom. The van der Waals surface area contributed by atoms with E-state index in [9.17, 15) is 14.4 Å². The molecule has 0 spiro atoms. The molecule has 6 heteroatoms. The van der Waals surface area contributed by atoms with Gasteiger partial charge < -0.3 is 15.0 Å². The minimum atomic E-state index is -0.907. The van der Waals surface area contributed by atoms with Crippen LogP contribution in [0.25, 0.3) is 0 Å². The van der Waals surface area contributed by atoms with E-state index in [0.29, 0.717) is 18.5 Å². The monoisotopic (exact) mass is 394 g/mol. The third-order valence-corrected chi connectivity index (χ3v) is 5.05. The van der Waals surface area contributed by atoms with E-state index in [4.69, 9.17) is 4.74 Å². The summed E-state index contributed by atoms with van der Waals surface area (Å²) >= 11 is 0. The molecular formula is C23H26N2O4. The lowest BCUT2D eigenvalue weighted by atomic mass is 10.1. The molecule has 2 aromatic carbocycles. The predicted octanol–water partition coefficient (Wildman–Crippen LogP) is 3.23. The summed E-state index contributed by atoms with van der Waals surface area (Å²) in [5, 5.41) is 2.85. The average Bonchev–Trinajstić information content (AvgIpc) is 3.13. The molecule has 29 heavy (non-hydrogen) atoms. The first kappa shape index (κ1) is 20.6. The summed E-state index contributed by atoms with van der Waals surface area (Å²) < 4.78 is 5.31. The molecule has 6 nitrogen and oxygen atoms in total. The van der Waals surface area contributed by atoms with Crippen molar-refractivity contribution in [3.63, 3.8) is 0 Å². The van der Waals surface area contributed by atoms with Crippen molar-refractivity contribution in [1.82, 2.24) is 10.2 Å². The zero-order chi connectivity index (χ0) is 20.8. The number of ether oxygens (including phenoxy) is 1. The minimum Gasteiger partial charge on any atom is -0.449 e. The summed E-state index contributed by atoms with van der Waals surface area (Å²) in [5.41, 5.74) is 2.31. The van der Waals surface area contributed by atoms with Crippen LogP contribution in [-0.4, -0.2) is 35.3 Å². The van der Waals surface area contributed by atoms with E-state index >= 15 is 0 Å². The normalized spacial score (nSPS) is 15.7. The molecule has 2 aromatic rings. The van der Waals surface area contributed by atoms with Crippen molar-refractivity contribution in [2.24, 2.45) is 0 Å². The highest BCUT2D eigenvalue weighted by molar-refractivity contribution is 5.92. The number of benzene rings is 2. The van der Waals surface area contributed by atoms with Gasteiger partial charge in [-0.1, -0.05) is 42.5 Å². The number of carbonyl (C=O) groups excluding carboxylic acids is 3. The van der Waals surface area contributed by atoms with Gasteiger partial charge in [0.25, 0.3) is 5.91 Å². The molecule has 2 atom stereocenters. The topological polar surface area (TPSA) is 75.7 Å². The first-order chi connectivity index (χ1) is 13.9. The molecule has 1 N–H and O–H groups in total. The number of nitrogens with zero attached hydrogens (tertiary/aromatic N) is 1. The Balaban J connectivity index is 1.52. The van der Waals surface area contributed by atoms with E-state index in [2.05, 4.69) is 5.32 Å². The van der Waals surface area contributed by atoms with Gasteiger partial charge in [0, 0.05) is 19.5 Å². The highest BCUT2D eigenvalue weighted by Crippen LogP contribution is 2.16. The van der Waals surface area contributed by atoms with Crippen LogP contribution in [0, 0.1) is 0 Å². The smallest absolute Gasteiger partial charge is 0.338 e. The Morgan fingerprint density at radius 3 is 2.38 bits per heavy atom. The molecule has 0 saturated carbocycles. The molecule has 0 aliphatic carbocycles. The summed E-state index contributed by atoms with van der Waals surface area (Å²) in [6, 6.07) is 16.3. The van der Waals surface area contributed by atoms with E-state index in [1.807, 2.05) is 54.3 Å². The third kappa shape index (κ3) is 5.44. The van der Waals surface area contributed by atoms with Crippen molar-refractivity contribution in [2.75, 3.05) is 6.54 Å². The maximum absolute atomic E-state index is 12.4. The van der Waals surface area contributed by atoms with Crippen LogP contribution in [0.15, 0.2) is 54.6 Å². The Hall–Kier alpha value is -3.15. The summed E-state index contributed by atoms with van der Waals surface area (Å²) in [6.07, 6.45) is 0.592. The third-order valence-electron chi connectivity index (χ3n) is 5.05. The Morgan fingerprint density at radius 2 is 1.76 bits per heavy atom. The Kier molecular flexibility index (Phi) is 6.65. The first-order valence-electron chi connectivity index (χ1n) is 9.87. The van der Waals surface area contributed by atoms with Crippen molar-refractivity contribution in [1.29, 1.82) is 0 Å². The SMILES string of the molecule is CC(OC(=O)c1ccc(CN2CCCC2=O)cc1)C(=O)NC(C)c1ccccc1. The lowest BCUT2D eigenvalue weighted by molar-refractivity contribution is -0.130. The van der Waals surface area contributed by atoms with Gasteiger partial charge in [-0.2, -0.15) is 0 Å². The average molecular weight is 394 g/mol. The lowest BCUT2D eigenvalue weighted by Gasteiger charge is -2.18. The van der Waals surface area contributed by atoms with Crippen LogP contribution in [0.4, 0.5) is 0 Å². The quantitative estimate of drug-likeness (QED) is 0.732. The molecule has 1 aliphatic rings. The molecule has 1 saturated heterocycles. The summed E-state index contributed by atoms with van der Waals surface area (Å²) in [5.74, 6) is -0.735. The zero-order valence-corrected chi connectivity index (χ0v) is 16.8. The van der Waals surface area contributed by atoms with Gasteiger partial charge in [0.05, 0.1) is 11.6 Å². The molecule has 0 radical (unpaired) electrons. The van der Waals surface area contributed by atoms with Crippen molar-refractivity contribution >= 4 is 17.8 Å². The van der Waals surface area contributed by atoms with Crippen molar-refractivity contribution < 1.29 is 19.1 Å².